The maximum atomic E-state index is 14.3. The van der Waals surface area contributed by atoms with Gasteiger partial charge >= 0.3 is 12.0 Å². The minimum absolute atomic E-state index is 0.273. The number of rotatable bonds is 6. The SMILES string of the molecule is Cc1cccc(C2C(C(=O)c3cccs3)C(c3ccc(C#N)cc3)C(C)(C(=O)O)N2C(=O)Nc2ccc(F)cc2)c1. The number of halogens is 1. The van der Waals surface area contributed by atoms with Gasteiger partial charge in [0.05, 0.1) is 28.5 Å². The molecule has 0 spiro atoms. The third-order valence-electron chi connectivity index (χ3n) is 7.68. The molecule has 4 aromatic rings. The molecule has 206 valence electrons. The number of benzene rings is 3. The molecule has 0 aliphatic carbocycles. The smallest absolute Gasteiger partial charge is 0.330 e. The Bertz CT molecular complexity index is 1650. The number of hydrogen-bond donors (Lipinski definition) is 2. The number of amides is 2. The molecule has 4 atom stereocenters. The van der Waals surface area contributed by atoms with E-state index in [1.165, 1.54) is 47.4 Å². The summed E-state index contributed by atoms with van der Waals surface area (Å²) in [6, 6.07) is 22.7. The average Bonchev–Trinajstić information content (AvgIpc) is 3.60. The molecule has 41 heavy (non-hydrogen) atoms. The van der Waals surface area contributed by atoms with E-state index in [-0.39, 0.29) is 11.5 Å². The number of carboxylic acids is 1. The van der Waals surface area contributed by atoms with Gasteiger partial charge in [-0.25, -0.2) is 14.0 Å². The zero-order valence-electron chi connectivity index (χ0n) is 22.2. The Kier molecular flexibility index (Phi) is 7.43. The fourth-order valence-electron chi connectivity index (χ4n) is 5.81. The predicted octanol–water partition coefficient (Wildman–Crippen LogP) is 6.78. The van der Waals surface area contributed by atoms with Crippen molar-refractivity contribution in [3.63, 3.8) is 0 Å². The Morgan fingerprint density at radius 2 is 1.71 bits per heavy atom. The van der Waals surface area contributed by atoms with Crippen molar-refractivity contribution in [2.75, 3.05) is 5.32 Å². The molecule has 3 aromatic carbocycles. The zero-order chi connectivity index (χ0) is 29.3. The molecule has 9 heteroatoms. The summed E-state index contributed by atoms with van der Waals surface area (Å²) in [6.07, 6.45) is 0. The molecule has 1 fully saturated rings. The summed E-state index contributed by atoms with van der Waals surface area (Å²) in [6.45, 7) is 3.33. The molecule has 1 saturated heterocycles. The first kappa shape index (κ1) is 27.7. The van der Waals surface area contributed by atoms with E-state index in [1.54, 1.807) is 53.9 Å². The summed E-state index contributed by atoms with van der Waals surface area (Å²) in [5, 5.41) is 24.7. The quantitative estimate of drug-likeness (QED) is 0.250. The summed E-state index contributed by atoms with van der Waals surface area (Å²) >= 11 is 1.25. The lowest BCUT2D eigenvalue weighted by molar-refractivity contribution is -0.148. The van der Waals surface area contributed by atoms with Crippen molar-refractivity contribution in [2.24, 2.45) is 5.92 Å². The molecule has 2 heterocycles. The number of carboxylic acid groups (broad SMARTS) is 1. The van der Waals surface area contributed by atoms with E-state index in [4.69, 9.17) is 0 Å². The fraction of sp³-hybridized carbons (Fsp3) is 0.188. The number of anilines is 1. The van der Waals surface area contributed by atoms with E-state index < -0.39 is 41.2 Å². The van der Waals surface area contributed by atoms with E-state index >= 15 is 0 Å². The predicted molar refractivity (Wildman–Crippen MR) is 153 cm³/mol. The van der Waals surface area contributed by atoms with E-state index in [2.05, 4.69) is 11.4 Å². The molecule has 0 radical (unpaired) electrons. The molecule has 1 aromatic heterocycles. The topological polar surface area (TPSA) is 110 Å². The number of aliphatic carboxylic acids is 1. The normalized spacial score (nSPS) is 21.7. The van der Waals surface area contributed by atoms with Crippen molar-refractivity contribution in [1.82, 2.24) is 4.90 Å². The number of aryl methyl sites for hydroxylation is 1. The van der Waals surface area contributed by atoms with Crippen molar-refractivity contribution in [3.05, 3.63) is 123 Å². The third-order valence-corrected chi connectivity index (χ3v) is 8.56. The molecular formula is C32H26FN3O4S. The van der Waals surface area contributed by atoms with Gasteiger partial charge in [-0.2, -0.15) is 5.26 Å². The summed E-state index contributed by atoms with van der Waals surface area (Å²) in [5.74, 6) is -4.03. The number of Topliss-reactive ketones (excluding diaryl/α,β-unsaturated/α-hetero) is 1. The van der Waals surface area contributed by atoms with Gasteiger partial charge in [0.2, 0.25) is 0 Å². The second kappa shape index (κ2) is 11.0. The molecule has 5 rings (SSSR count). The van der Waals surface area contributed by atoms with Crippen molar-refractivity contribution in [3.8, 4) is 6.07 Å². The van der Waals surface area contributed by atoms with Gasteiger partial charge < -0.3 is 10.4 Å². The Balaban J connectivity index is 1.76. The van der Waals surface area contributed by atoms with Crippen LogP contribution in [0.3, 0.4) is 0 Å². The van der Waals surface area contributed by atoms with Gasteiger partial charge in [-0.1, -0.05) is 48.0 Å². The summed E-state index contributed by atoms with van der Waals surface area (Å²) in [7, 11) is 0. The Hall–Kier alpha value is -4.81. The van der Waals surface area contributed by atoms with Crippen LogP contribution in [0.25, 0.3) is 0 Å². The Morgan fingerprint density at radius 1 is 1.00 bits per heavy atom. The lowest BCUT2D eigenvalue weighted by Crippen LogP contribution is -2.55. The highest BCUT2D eigenvalue weighted by atomic mass is 32.1. The van der Waals surface area contributed by atoms with Crippen molar-refractivity contribution < 1.29 is 23.9 Å². The van der Waals surface area contributed by atoms with Crippen LogP contribution in [0.5, 0.6) is 0 Å². The second-order valence-corrected chi connectivity index (χ2v) is 11.1. The molecule has 2 amide bonds. The van der Waals surface area contributed by atoms with Gasteiger partial charge in [0.25, 0.3) is 0 Å². The fourth-order valence-corrected chi connectivity index (χ4v) is 6.52. The highest BCUT2D eigenvalue weighted by molar-refractivity contribution is 7.12. The molecule has 0 bridgehead atoms. The first-order valence-corrected chi connectivity index (χ1v) is 13.8. The number of nitrogens with zero attached hydrogens (tertiary/aromatic N) is 2. The largest absolute Gasteiger partial charge is 0.479 e. The monoisotopic (exact) mass is 567 g/mol. The van der Waals surface area contributed by atoms with Crippen molar-refractivity contribution in [2.45, 2.75) is 31.3 Å². The van der Waals surface area contributed by atoms with Gasteiger partial charge in [-0.15, -0.1) is 11.3 Å². The molecule has 7 nitrogen and oxygen atoms in total. The molecule has 4 unspecified atom stereocenters. The zero-order valence-corrected chi connectivity index (χ0v) is 23.1. The van der Waals surface area contributed by atoms with Crippen LogP contribution in [0.2, 0.25) is 0 Å². The number of likely N-dealkylation sites (tertiary alicyclic amines) is 1. The lowest BCUT2D eigenvalue weighted by atomic mass is 9.72. The minimum Gasteiger partial charge on any atom is -0.479 e. The number of urea groups is 1. The maximum absolute atomic E-state index is 14.3. The number of carbonyl (C=O) groups is 3. The summed E-state index contributed by atoms with van der Waals surface area (Å²) in [5.41, 5.74) is 0.754. The number of nitrogens with one attached hydrogen (secondary N) is 1. The highest BCUT2D eigenvalue weighted by Crippen LogP contribution is 2.57. The molecule has 1 aliphatic heterocycles. The van der Waals surface area contributed by atoms with Crippen LogP contribution in [0.15, 0.2) is 90.3 Å². The first-order valence-electron chi connectivity index (χ1n) is 12.9. The van der Waals surface area contributed by atoms with E-state index in [0.29, 0.717) is 21.6 Å². The summed E-state index contributed by atoms with van der Waals surface area (Å²) in [4.78, 5) is 43.4. The van der Waals surface area contributed by atoms with E-state index in [1.807, 2.05) is 19.1 Å². The number of nitriles is 1. The number of thiophene rings is 1. The molecular weight excluding hydrogens is 541 g/mol. The van der Waals surface area contributed by atoms with E-state index in [9.17, 15) is 29.1 Å². The number of hydrogen-bond acceptors (Lipinski definition) is 5. The van der Waals surface area contributed by atoms with Crippen molar-refractivity contribution in [1.29, 1.82) is 5.26 Å². The van der Waals surface area contributed by atoms with Crippen molar-refractivity contribution >= 4 is 34.8 Å². The second-order valence-electron chi connectivity index (χ2n) is 10.2. The van der Waals surface area contributed by atoms with E-state index in [0.717, 1.165) is 5.56 Å². The van der Waals surface area contributed by atoms with Crippen LogP contribution in [0.1, 0.15) is 50.8 Å². The number of ketones is 1. The summed E-state index contributed by atoms with van der Waals surface area (Å²) < 4.78 is 13.6. The Labute approximate surface area is 240 Å². The average molecular weight is 568 g/mol. The standard InChI is InChI=1S/C32H26FN3O4S/c1-19-5-3-6-22(17-19)28-26(29(37)25-7-4-16-41-25)27(21-10-8-20(18-34)9-11-21)32(2,30(38)39)36(28)31(40)35-24-14-12-23(33)13-15-24/h3-17,26-28H,1-2H3,(H,35,40)(H,38,39). The molecule has 1 aliphatic rings. The van der Waals surface area contributed by atoms with Crippen LogP contribution in [0, 0.1) is 30.0 Å². The van der Waals surface area contributed by atoms with Gasteiger partial charge in [0.1, 0.15) is 11.4 Å². The third kappa shape index (κ3) is 4.98. The first-order chi connectivity index (χ1) is 19.6. The van der Waals surface area contributed by atoms with Crippen LogP contribution < -0.4 is 5.32 Å². The van der Waals surface area contributed by atoms with Gasteiger partial charge in [0, 0.05) is 11.6 Å². The van der Waals surface area contributed by atoms with Gasteiger partial charge in [-0.3, -0.25) is 9.69 Å². The Morgan fingerprint density at radius 3 is 2.29 bits per heavy atom. The van der Waals surface area contributed by atoms with Crippen LogP contribution >= 0.6 is 11.3 Å². The van der Waals surface area contributed by atoms with Crippen LogP contribution in [-0.2, 0) is 4.79 Å². The molecule has 2 N–H and O–H groups in total. The minimum atomic E-state index is -1.90. The molecule has 0 saturated carbocycles. The van der Waals surface area contributed by atoms with Crippen LogP contribution in [-0.4, -0.2) is 33.3 Å². The highest BCUT2D eigenvalue weighted by Gasteiger charge is 2.65. The maximum Gasteiger partial charge on any atom is 0.330 e. The van der Waals surface area contributed by atoms with Crippen LogP contribution in [0.4, 0.5) is 14.9 Å². The lowest BCUT2D eigenvalue weighted by Gasteiger charge is -2.37. The van der Waals surface area contributed by atoms with Gasteiger partial charge in [-0.05, 0) is 72.8 Å². The van der Waals surface area contributed by atoms with Gasteiger partial charge in [0.15, 0.2) is 5.78 Å². The number of carbonyl (C=O) groups excluding carboxylic acids is 2.